The second kappa shape index (κ2) is 11.2. The van der Waals surface area contributed by atoms with Gasteiger partial charge < -0.3 is 19.3 Å². The van der Waals surface area contributed by atoms with Crippen molar-refractivity contribution >= 4 is 17.6 Å². The maximum absolute atomic E-state index is 13.5. The van der Waals surface area contributed by atoms with Crippen molar-refractivity contribution in [1.29, 1.82) is 0 Å². The van der Waals surface area contributed by atoms with Gasteiger partial charge in [0.05, 0.1) is 31.0 Å². The Hall–Kier alpha value is -3.66. The maximum atomic E-state index is 13.5. The molecule has 1 saturated carbocycles. The number of hydrogen-bond acceptors (Lipinski definition) is 9. The van der Waals surface area contributed by atoms with E-state index in [0.29, 0.717) is 46.7 Å². The van der Waals surface area contributed by atoms with Crippen molar-refractivity contribution < 1.29 is 24.1 Å². The summed E-state index contributed by atoms with van der Waals surface area (Å²) in [5, 5.41) is 16.1. The zero-order valence-electron chi connectivity index (χ0n) is 22.3. The van der Waals surface area contributed by atoms with Gasteiger partial charge >= 0.3 is 5.97 Å². The van der Waals surface area contributed by atoms with E-state index in [9.17, 15) is 9.90 Å². The summed E-state index contributed by atoms with van der Waals surface area (Å²) in [5.41, 5.74) is 0.804. The van der Waals surface area contributed by atoms with E-state index < -0.39 is 11.6 Å². The van der Waals surface area contributed by atoms with Crippen LogP contribution in [0.2, 0.25) is 5.02 Å². The van der Waals surface area contributed by atoms with Crippen LogP contribution >= 0.6 is 11.6 Å². The quantitative estimate of drug-likeness (QED) is 0.372. The smallest absolute Gasteiger partial charge is 0.338 e. The third kappa shape index (κ3) is 5.43. The Kier molecular flexibility index (Phi) is 7.74. The molecule has 1 N–H and O–H groups in total. The summed E-state index contributed by atoms with van der Waals surface area (Å²) in [6.07, 6.45) is 10.2. The van der Waals surface area contributed by atoms with Gasteiger partial charge in [-0.2, -0.15) is 0 Å². The minimum Gasteiger partial charge on any atom is -0.512 e. The van der Waals surface area contributed by atoms with Crippen LogP contribution < -0.4 is 9.47 Å². The monoisotopic (exact) mass is 553 g/mol. The number of aliphatic hydroxyl groups is 1. The lowest BCUT2D eigenvalue weighted by Gasteiger charge is -2.42. The van der Waals surface area contributed by atoms with Gasteiger partial charge in [0.2, 0.25) is 5.82 Å². The first kappa shape index (κ1) is 26.9. The number of aryl methyl sites for hydroxylation is 2. The molecule has 3 heterocycles. The molecule has 1 aliphatic carbocycles. The Morgan fingerprint density at radius 1 is 1.18 bits per heavy atom. The molecule has 39 heavy (non-hydrogen) atoms. The molecule has 0 radical (unpaired) electrons. The van der Waals surface area contributed by atoms with Crippen LogP contribution in [-0.4, -0.2) is 55.6 Å². The molecule has 0 amide bonds. The van der Waals surface area contributed by atoms with E-state index in [1.54, 1.807) is 50.6 Å². The summed E-state index contributed by atoms with van der Waals surface area (Å²) in [6.45, 7) is 0. The molecule has 2 aromatic heterocycles. The van der Waals surface area contributed by atoms with Crippen LogP contribution in [0.5, 0.6) is 11.5 Å². The molecule has 1 fully saturated rings. The number of cyclic esters (lactones) is 1. The maximum Gasteiger partial charge on any atom is 0.338 e. The topological polar surface area (TPSA) is 121 Å². The lowest BCUT2D eigenvalue weighted by molar-refractivity contribution is -0.167. The van der Waals surface area contributed by atoms with Crippen molar-refractivity contribution in [3.05, 3.63) is 58.5 Å². The van der Waals surface area contributed by atoms with E-state index in [0.717, 1.165) is 31.2 Å². The van der Waals surface area contributed by atoms with Crippen molar-refractivity contribution in [1.82, 2.24) is 24.7 Å². The molecule has 206 valence electrons. The summed E-state index contributed by atoms with van der Waals surface area (Å²) in [4.78, 5) is 26.3. The van der Waals surface area contributed by atoms with Gasteiger partial charge in [-0.1, -0.05) is 24.4 Å². The normalized spacial score (nSPS) is 19.8. The number of hydrogen-bond donors (Lipinski definition) is 1. The summed E-state index contributed by atoms with van der Waals surface area (Å²) >= 11 is 6.40. The van der Waals surface area contributed by atoms with Gasteiger partial charge in [-0.05, 0) is 43.2 Å². The Morgan fingerprint density at radius 2 is 1.95 bits per heavy atom. The standard InChI is InChI=1S/C28H32ClN5O5/c1-34-25(32-26(33-34)21-16-30-10-11-31-21)13-19-22(35)15-28(39-27(19)36,18-6-4-5-7-18)9-8-17-12-20(29)24(38-3)14-23(17)37-2/h10-12,14,16,18,35H,4-9,13,15H2,1-3H3. The fourth-order valence-electron chi connectivity index (χ4n) is 5.70. The third-order valence-corrected chi connectivity index (χ3v) is 8.10. The second-order valence-corrected chi connectivity index (χ2v) is 10.5. The number of aliphatic hydroxyl groups excluding tert-OH is 1. The van der Waals surface area contributed by atoms with Gasteiger partial charge in [0.15, 0.2) is 0 Å². The average Bonchev–Trinajstić information content (AvgIpc) is 3.61. The summed E-state index contributed by atoms with van der Waals surface area (Å²) in [5.74, 6) is 1.78. The second-order valence-electron chi connectivity index (χ2n) is 10.1. The molecule has 0 saturated heterocycles. The molecule has 11 heteroatoms. The zero-order valence-corrected chi connectivity index (χ0v) is 23.1. The van der Waals surface area contributed by atoms with E-state index in [-0.39, 0.29) is 30.1 Å². The van der Waals surface area contributed by atoms with Crippen LogP contribution in [0, 0.1) is 5.92 Å². The number of carbonyl (C=O) groups excluding carboxylic acids is 1. The van der Waals surface area contributed by atoms with Crippen LogP contribution in [0.1, 0.15) is 49.9 Å². The summed E-state index contributed by atoms with van der Waals surface area (Å²) < 4.78 is 18.8. The highest BCUT2D eigenvalue weighted by Gasteiger charge is 2.48. The fraction of sp³-hybridized carbons (Fsp3) is 0.464. The Bertz CT molecular complexity index is 1390. The molecule has 10 nitrogen and oxygen atoms in total. The molecule has 3 aromatic rings. The lowest BCUT2D eigenvalue weighted by atomic mass is 9.76. The lowest BCUT2D eigenvalue weighted by Crippen LogP contribution is -2.46. The first-order chi connectivity index (χ1) is 18.8. The summed E-state index contributed by atoms with van der Waals surface area (Å²) in [6, 6.07) is 3.59. The SMILES string of the molecule is COc1cc(OC)c(CCC2(C3CCCC3)CC(O)=C(Cc3nc(-c4cnccn4)nn3C)C(=O)O2)cc1Cl. The van der Waals surface area contributed by atoms with Crippen molar-refractivity contribution in [2.45, 2.75) is 57.0 Å². The highest BCUT2D eigenvalue weighted by atomic mass is 35.5. The van der Waals surface area contributed by atoms with Crippen molar-refractivity contribution in [2.75, 3.05) is 14.2 Å². The number of ether oxygens (including phenoxy) is 3. The number of aromatic nitrogens is 5. The highest BCUT2D eigenvalue weighted by molar-refractivity contribution is 6.32. The average molecular weight is 554 g/mol. The van der Waals surface area contributed by atoms with E-state index in [2.05, 4.69) is 20.1 Å². The first-order valence-electron chi connectivity index (χ1n) is 13.0. The minimum atomic E-state index is -0.816. The first-order valence-corrected chi connectivity index (χ1v) is 13.4. The zero-order chi connectivity index (χ0) is 27.6. The number of esters is 1. The number of benzene rings is 1. The van der Waals surface area contributed by atoms with Gasteiger partial charge in [0.25, 0.3) is 0 Å². The van der Waals surface area contributed by atoms with Gasteiger partial charge in [0, 0.05) is 38.3 Å². The van der Waals surface area contributed by atoms with Gasteiger partial charge in [0.1, 0.15) is 34.4 Å². The molecule has 2 aliphatic rings. The number of methoxy groups -OCH3 is 2. The van der Waals surface area contributed by atoms with Gasteiger partial charge in [-0.3, -0.25) is 9.67 Å². The van der Waals surface area contributed by atoms with Gasteiger partial charge in [-0.15, -0.1) is 5.10 Å². The number of nitrogens with zero attached hydrogens (tertiary/aromatic N) is 5. The number of halogens is 1. The molecule has 5 rings (SSSR count). The van der Waals surface area contributed by atoms with E-state index >= 15 is 0 Å². The molecular formula is C28H32ClN5O5. The van der Waals surface area contributed by atoms with E-state index in [4.69, 9.17) is 25.8 Å². The predicted molar refractivity (Wildman–Crippen MR) is 144 cm³/mol. The van der Waals surface area contributed by atoms with Crippen LogP contribution in [0.4, 0.5) is 0 Å². The van der Waals surface area contributed by atoms with Crippen LogP contribution in [0.25, 0.3) is 11.5 Å². The number of carbonyl (C=O) groups is 1. The predicted octanol–water partition coefficient (Wildman–Crippen LogP) is 4.81. The molecular weight excluding hydrogens is 522 g/mol. The number of rotatable bonds is 9. The largest absolute Gasteiger partial charge is 0.512 e. The molecule has 0 spiro atoms. The van der Waals surface area contributed by atoms with E-state index in [1.807, 2.05) is 6.07 Å². The van der Waals surface area contributed by atoms with Crippen LogP contribution in [0.3, 0.4) is 0 Å². The van der Waals surface area contributed by atoms with Gasteiger partial charge in [-0.25, -0.2) is 14.8 Å². The molecule has 1 atom stereocenters. The minimum absolute atomic E-state index is 0.0435. The fourth-order valence-corrected chi connectivity index (χ4v) is 5.97. The third-order valence-electron chi connectivity index (χ3n) is 7.81. The Balaban J connectivity index is 1.40. The molecule has 0 bridgehead atoms. The van der Waals surface area contributed by atoms with Crippen molar-refractivity contribution in [3.8, 4) is 23.0 Å². The Labute approximate surface area is 232 Å². The summed E-state index contributed by atoms with van der Waals surface area (Å²) in [7, 11) is 4.90. The van der Waals surface area contributed by atoms with Crippen LogP contribution in [0.15, 0.2) is 42.1 Å². The molecule has 1 unspecified atom stereocenters. The van der Waals surface area contributed by atoms with Crippen molar-refractivity contribution in [3.63, 3.8) is 0 Å². The Morgan fingerprint density at radius 3 is 2.62 bits per heavy atom. The van der Waals surface area contributed by atoms with Crippen LogP contribution in [-0.2, 0) is 29.4 Å². The highest BCUT2D eigenvalue weighted by Crippen LogP contribution is 2.46. The van der Waals surface area contributed by atoms with E-state index in [1.165, 1.54) is 0 Å². The molecule has 1 aliphatic heterocycles. The van der Waals surface area contributed by atoms with Crippen molar-refractivity contribution in [2.24, 2.45) is 13.0 Å². The molecule has 1 aromatic carbocycles.